The maximum absolute atomic E-state index is 11.9. The van der Waals surface area contributed by atoms with Gasteiger partial charge in [-0.2, -0.15) is 0 Å². The molecule has 1 fully saturated rings. The van der Waals surface area contributed by atoms with Crippen molar-refractivity contribution in [2.45, 2.75) is 38.6 Å². The molecule has 2 N–H and O–H groups in total. The molecule has 0 unspecified atom stereocenters. The summed E-state index contributed by atoms with van der Waals surface area (Å²) < 4.78 is 5.04. The van der Waals surface area contributed by atoms with Gasteiger partial charge in [-0.3, -0.25) is 4.79 Å². The molecular weight excluding hydrogens is 266 g/mol. The third-order valence-electron chi connectivity index (χ3n) is 3.99. The summed E-state index contributed by atoms with van der Waals surface area (Å²) in [5.74, 6) is 1.20. The highest BCUT2D eigenvalue weighted by atomic mass is 16.5. The number of phenolic OH excluding ortho intramolecular Hbond substituents is 1. The van der Waals surface area contributed by atoms with E-state index in [2.05, 4.69) is 12.2 Å². The topological polar surface area (TPSA) is 58.6 Å². The Balaban J connectivity index is 1.90. The predicted molar refractivity (Wildman–Crippen MR) is 83.3 cm³/mol. The number of amides is 1. The molecule has 114 valence electrons. The molecule has 0 radical (unpaired) electrons. The fourth-order valence-corrected chi connectivity index (χ4v) is 2.62. The molecule has 1 aromatic carbocycles. The lowest BCUT2D eigenvalue weighted by Gasteiger charge is -2.26. The van der Waals surface area contributed by atoms with E-state index in [-0.39, 0.29) is 11.7 Å². The van der Waals surface area contributed by atoms with E-state index in [1.807, 2.05) is 0 Å². The number of rotatable bonds is 4. The number of hydrogen-bond donors (Lipinski definition) is 2. The molecule has 0 heterocycles. The van der Waals surface area contributed by atoms with Crippen molar-refractivity contribution in [1.29, 1.82) is 0 Å². The fourth-order valence-electron chi connectivity index (χ4n) is 2.62. The van der Waals surface area contributed by atoms with E-state index in [0.717, 1.165) is 24.3 Å². The number of carbonyl (C=O) groups is 1. The van der Waals surface area contributed by atoms with Crippen LogP contribution in [0, 0.1) is 5.92 Å². The van der Waals surface area contributed by atoms with Gasteiger partial charge in [-0.15, -0.1) is 0 Å². The maximum atomic E-state index is 11.9. The number of nitrogens with one attached hydrogen (secondary N) is 1. The molecular formula is C17H23NO3. The van der Waals surface area contributed by atoms with Crippen LogP contribution in [0.5, 0.6) is 11.5 Å². The van der Waals surface area contributed by atoms with E-state index >= 15 is 0 Å². The second-order valence-corrected chi connectivity index (χ2v) is 5.73. The second-order valence-electron chi connectivity index (χ2n) is 5.73. The molecule has 21 heavy (non-hydrogen) atoms. The van der Waals surface area contributed by atoms with E-state index in [4.69, 9.17) is 4.74 Å². The van der Waals surface area contributed by atoms with Crippen molar-refractivity contribution in [3.63, 3.8) is 0 Å². The Labute approximate surface area is 125 Å². The van der Waals surface area contributed by atoms with Crippen LogP contribution < -0.4 is 10.1 Å². The second kappa shape index (κ2) is 7.16. The molecule has 1 aromatic rings. The molecule has 1 aliphatic rings. The first-order valence-electron chi connectivity index (χ1n) is 7.44. The van der Waals surface area contributed by atoms with E-state index < -0.39 is 0 Å². The van der Waals surface area contributed by atoms with E-state index in [1.165, 1.54) is 26.0 Å². The first-order chi connectivity index (χ1) is 10.1. The molecule has 0 aromatic heterocycles. The van der Waals surface area contributed by atoms with Crippen molar-refractivity contribution in [2.75, 3.05) is 7.11 Å². The molecule has 4 nitrogen and oxygen atoms in total. The Bertz CT molecular complexity index is 517. The quantitative estimate of drug-likeness (QED) is 0.837. The Morgan fingerprint density at radius 1 is 1.33 bits per heavy atom. The molecule has 0 saturated heterocycles. The minimum Gasteiger partial charge on any atom is -0.504 e. The minimum absolute atomic E-state index is 0.0680. The van der Waals surface area contributed by atoms with Gasteiger partial charge in [-0.25, -0.2) is 0 Å². The molecule has 0 bridgehead atoms. The SMILES string of the molecule is COc1cc(C=CC(=O)N[C@H]2CC[C@@H](C)CC2)ccc1O. The lowest BCUT2D eigenvalue weighted by molar-refractivity contribution is -0.117. The average Bonchev–Trinajstić information content (AvgIpc) is 2.49. The Morgan fingerprint density at radius 3 is 2.71 bits per heavy atom. The average molecular weight is 289 g/mol. The smallest absolute Gasteiger partial charge is 0.244 e. The van der Waals surface area contributed by atoms with Crippen molar-refractivity contribution >= 4 is 12.0 Å². The molecule has 2 rings (SSSR count). The molecule has 1 saturated carbocycles. The summed E-state index contributed by atoms with van der Waals surface area (Å²) in [6, 6.07) is 5.29. The summed E-state index contributed by atoms with van der Waals surface area (Å²) in [5, 5.41) is 12.6. The van der Waals surface area contributed by atoms with E-state index in [1.54, 1.807) is 24.3 Å². The van der Waals surface area contributed by atoms with Crippen LogP contribution in [0.15, 0.2) is 24.3 Å². The monoisotopic (exact) mass is 289 g/mol. The molecule has 0 atom stereocenters. The van der Waals surface area contributed by atoms with Gasteiger partial charge in [-0.1, -0.05) is 13.0 Å². The van der Waals surface area contributed by atoms with Crippen LogP contribution in [-0.4, -0.2) is 24.2 Å². The van der Waals surface area contributed by atoms with Crippen molar-refractivity contribution in [3.8, 4) is 11.5 Å². The van der Waals surface area contributed by atoms with Gasteiger partial charge >= 0.3 is 0 Å². The van der Waals surface area contributed by atoms with Gasteiger partial charge in [0.05, 0.1) is 7.11 Å². The standard InChI is InChI=1S/C17H23NO3/c1-12-3-7-14(8-4-12)18-17(20)10-6-13-5-9-15(19)16(11-13)21-2/h5-6,9-12,14,19H,3-4,7-8H2,1-2H3,(H,18,20)/t12-,14+. The van der Waals surface area contributed by atoms with Crippen LogP contribution in [0.25, 0.3) is 6.08 Å². The fraction of sp³-hybridized carbons (Fsp3) is 0.471. The molecule has 1 aliphatic carbocycles. The summed E-state index contributed by atoms with van der Waals surface area (Å²) in [6.07, 6.45) is 7.75. The molecule has 1 amide bonds. The number of aromatic hydroxyl groups is 1. The zero-order chi connectivity index (χ0) is 15.2. The van der Waals surface area contributed by atoms with Crippen LogP contribution >= 0.6 is 0 Å². The van der Waals surface area contributed by atoms with Crippen LogP contribution in [-0.2, 0) is 4.79 Å². The molecule has 0 aliphatic heterocycles. The largest absolute Gasteiger partial charge is 0.504 e. The number of carbonyl (C=O) groups excluding carboxylic acids is 1. The van der Waals surface area contributed by atoms with Gasteiger partial charge in [0.2, 0.25) is 5.91 Å². The van der Waals surface area contributed by atoms with E-state index in [0.29, 0.717) is 11.8 Å². The van der Waals surface area contributed by atoms with Gasteiger partial charge in [0.15, 0.2) is 11.5 Å². The third-order valence-corrected chi connectivity index (χ3v) is 3.99. The minimum atomic E-state index is -0.0680. The third kappa shape index (κ3) is 4.52. The summed E-state index contributed by atoms with van der Waals surface area (Å²) in [5.41, 5.74) is 0.817. The predicted octanol–water partition coefficient (Wildman–Crippen LogP) is 3.11. The van der Waals surface area contributed by atoms with Gasteiger partial charge in [0.1, 0.15) is 0 Å². The van der Waals surface area contributed by atoms with Gasteiger partial charge < -0.3 is 15.2 Å². The Hall–Kier alpha value is -1.97. The normalized spacial score (nSPS) is 22.2. The molecule has 4 heteroatoms. The van der Waals surface area contributed by atoms with Crippen LogP contribution in [0.1, 0.15) is 38.2 Å². The Morgan fingerprint density at radius 2 is 2.05 bits per heavy atom. The van der Waals surface area contributed by atoms with E-state index in [9.17, 15) is 9.90 Å². The molecule has 0 spiro atoms. The van der Waals surface area contributed by atoms with Gasteiger partial charge in [-0.05, 0) is 55.4 Å². The zero-order valence-electron chi connectivity index (χ0n) is 12.6. The van der Waals surface area contributed by atoms with Crippen molar-refractivity contribution < 1.29 is 14.6 Å². The lowest BCUT2D eigenvalue weighted by atomic mass is 9.87. The highest BCUT2D eigenvalue weighted by Gasteiger charge is 2.18. The van der Waals surface area contributed by atoms with Gasteiger partial charge in [0, 0.05) is 12.1 Å². The Kier molecular flexibility index (Phi) is 5.26. The number of ether oxygens (including phenoxy) is 1. The number of benzene rings is 1. The summed E-state index contributed by atoms with van der Waals surface area (Å²) in [4.78, 5) is 11.9. The zero-order valence-corrected chi connectivity index (χ0v) is 12.6. The van der Waals surface area contributed by atoms with Crippen molar-refractivity contribution in [1.82, 2.24) is 5.32 Å². The lowest BCUT2D eigenvalue weighted by Crippen LogP contribution is -2.36. The summed E-state index contributed by atoms with van der Waals surface area (Å²) >= 11 is 0. The highest BCUT2D eigenvalue weighted by Crippen LogP contribution is 2.27. The first-order valence-corrected chi connectivity index (χ1v) is 7.44. The van der Waals surface area contributed by atoms with Crippen LogP contribution in [0.3, 0.4) is 0 Å². The van der Waals surface area contributed by atoms with Gasteiger partial charge in [0.25, 0.3) is 0 Å². The van der Waals surface area contributed by atoms with Crippen molar-refractivity contribution in [2.24, 2.45) is 5.92 Å². The maximum Gasteiger partial charge on any atom is 0.244 e. The van der Waals surface area contributed by atoms with Crippen LogP contribution in [0.2, 0.25) is 0 Å². The number of methoxy groups -OCH3 is 1. The number of hydrogen-bond acceptors (Lipinski definition) is 3. The summed E-state index contributed by atoms with van der Waals surface area (Å²) in [6.45, 7) is 2.26. The van der Waals surface area contributed by atoms with Crippen molar-refractivity contribution in [3.05, 3.63) is 29.8 Å². The number of phenols is 1. The first kappa shape index (κ1) is 15.4. The highest BCUT2D eigenvalue weighted by molar-refractivity contribution is 5.92. The summed E-state index contributed by atoms with van der Waals surface area (Å²) in [7, 11) is 1.50. The van der Waals surface area contributed by atoms with Crippen LogP contribution in [0.4, 0.5) is 0 Å².